The number of rotatable bonds is 7. The first kappa shape index (κ1) is 18.8. The third-order valence-electron chi connectivity index (χ3n) is 3.99. The molecule has 7 heteroatoms. The minimum atomic E-state index is -0.364. The molecule has 3 rings (SSSR count). The van der Waals surface area contributed by atoms with Gasteiger partial charge in [-0.1, -0.05) is 6.07 Å². The van der Waals surface area contributed by atoms with E-state index < -0.39 is 0 Å². The first-order chi connectivity index (χ1) is 13.1. The van der Waals surface area contributed by atoms with Gasteiger partial charge in [0, 0.05) is 17.0 Å². The van der Waals surface area contributed by atoms with E-state index in [1.54, 1.807) is 42.5 Å². The van der Waals surface area contributed by atoms with E-state index in [1.807, 2.05) is 17.5 Å². The molecule has 0 unspecified atom stereocenters. The van der Waals surface area contributed by atoms with E-state index in [2.05, 4.69) is 5.32 Å². The van der Waals surface area contributed by atoms with Crippen LogP contribution in [0.15, 0.2) is 58.3 Å². The molecule has 140 valence electrons. The van der Waals surface area contributed by atoms with E-state index in [0.717, 1.165) is 4.88 Å². The topological polar surface area (TPSA) is 62.6 Å². The van der Waals surface area contributed by atoms with E-state index in [-0.39, 0.29) is 29.9 Å². The standard InChI is InChI=1S/C20H19FN2O3S/c1-2-23(13-19(24)22-12-16-4-3-11-27-16)20(25)18-10-9-17(26-18)14-5-7-15(21)8-6-14/h3-11H,2,12-13H2,1H3,(H,22,24). The van der Waals surface area contributed by atoms with Crippen LogP contribution in [-0.2, 0) is 11.3 Å². The number of halogens is 1. The number of likely N-dealkylation sites (N-methyl/N-ethyl adjacent to an activating group) is 1. The molecular formula is C20H19FN2O3S. The van der Waals surface area contributed by atoms with Crippen LogP contribution in [0, 0.1) is 5.82 Å². The monoisotopic (exact) mass is 386 g/mol. The number of thiophene rings is 1. The van der Waals surface area contributed by atoms with Gasteiger partial charge in [0.25, 0.3) is 5.91 Å². The van der Waals surface area contributed by atoms with Gasteiger partial charge in [-0.3, -0.25) is 9.59 Å². The summed E-state index contributed by atoms with van der Waals surface area (Å²) in [4.78, 5) is 27.2. The summed E-state index contributed by atoms with van der Waals surface area (Å²) in [5.74, 6) is -0.327. The normalized spacial score (nSPS) is 10.6. The number of nitrogens with zero attached hydrogens (tertiary/aromatic N) is 1. The Morgan fingerprint density at radius 1 is 1.15 bits per heavy atom. The van der Waals surface area contributed by atoms with Gasteiger partial charge in [0.05, 0.1) is 13.1 Å². The summed E-state index contributed by atoms with van der Waals surface area (Å²) in [5, 5.41) is 4.75. The molecule has 0 aliphatic carbocycles. The Balaban J connectivity index is 1.62. The van der Waals surface area contributed by atoms with Gasteiger partial charge in [0.2, 0.25) is 5.91 Å². The highest BCUT2D eigenvalue weighted by Crippen LogP contribution is 2.23. The molecule has 0 radical (unpaired) electrons. The lowest BCUT2D eigenvalue weighted by molar-refractivity contribution is -0.121. The highest BCUT2D eigenvalue weighted by atomic mass is 32.1. The zero-order valence-corrected chi connectivity index (χ0v) is 15.6. The van der Waals surface area contributed by atoms with E-state index in [4.69, 9.17) is 4.42 Å². The molecule has 0 atom stereocenters. The van der Waals surface area contributed by atoms with Crippen LogP contribution >= 0.6 is 11.3 Å². The number of furan rings is 1. The molecule has 0 aliphatic rings. The van der Waals surface area contributed by atoms with Crippen molar-refractivity contribution in [3.05, 3.63) is 70.4 Å². The summed E-state index contributed by atoms with van der Waals surface area (Å²) in [7, 11) is 0. The Morgan fingerprint density at radius 3 is 2.59 bits per heavy atom. The summed E-state index contributed by atoms with van der Waals surface area (Å²) < 4.78 is 18.6. The smallest absolute Gasteiger partial charge is 0.290 e. The fourth-order valence-corrected chi connectivity index (χ4v) is 3.18. The first-order valence-corrected chi connectivity index (χ1v) is 9.39. The Kier molecular flexibility index (Phi) is 6.03. The van der Waals surface area contributed by atoms with Crippen molar-refractivity contribution in [3.63, 3.8) is 0 Å². The quantitative estimate of drug-likeness (QED) is 0.669. The third-order valence-corrected chi connectivity index (χ3v) is 4.87. The van der Waals surface area contributed by atoms with Gasteiger partial charge in [0.15, 0.2) is 5.76 Å². The second-order valence-electron chi connectivity index (χ2n) is 5.85. The second kappa shape index (κ2) is 8.64. The molecule has 2 amide bonds. The van der Waals surface area contributed by atoms with Gasteiger partial charge in [-0.15, -0.1) is 11.3 Å². The van der Waals surface area contributed by atoms with E-state index in [0.29, 0.717) is 24.4 Å². The third kappa shape index (κ3) is 4.83. The van der Waals surface area contributed by atoms with Crippen LogP contribution in [0.1, 0.15) is 22.4 Å². The van der Waals surface area contributed by atoms with Gasteiger partial charge >= 0.3 is 0 Å². The number of hydrogen-bond acceptors (Lipinski definition) is 4. The molecule has 0 bridgehead atoms. The summed E-state index contributed by atoms with van der Waals surface area (Å²) in [6.45, 7) is 2.57. The molecule has 0 fully saturated rings. The lowest BCUT2D eigenvalue weighted by Gasteiger charge is -2.19. The second-order valence-corrected chi connectivity index (χ2v) is 6.88. The summed E-state index contributed by atoms with van der Waals surface area (Å²) in [5.41, 5.74) is 0.673. The lowest BCUT2D eigenvalue weighted by Crippen LogP contribution is -2.40. The fourth-order valence-electron chi connectivity index (χ4n) is 2.53. The van der Waals surface area contributed by atoms with Crippen molar-refractivity contribution in [2.24, 2.45) is 0 Å². The zero-order chi connectivity index (χ0) is 19.2. The molecule has 1 N–H and O–H groups in total. The number of hydrogen-bond donors (Lipinski definition) is 1. The van der Waals surface area contributed by atoms with Crippen LogP contribution in [0.2, 0.25) is 0 Å². The summed E-state index contributed by atoms with van der Waals surface area (Å²) in [6, 6.07) is 12.9. The van der Waals surface area contributed by atoms with Crippen molar-refractivity contribution in [2.75, 3.05) is 13.1 Å². The molecule has 3 aromatic rings. The van der Waals surface area contributed by atoms with Crippen molar-refractivity contribution < 1.29 is 18.4 Å². The predicted octanol–water partition coefficient (Wildman–Crippen LogP) is 3.93. The summed E-state index contributed by atoms with van der Waals surface area (Å²) in [6.07, 6.45) is 0. The van der Waals surface area contributed by atoms with E-state index in [1.165, 1.54) is 17.0 Å². The molecule has 0 spiro atoms. The van der Waals surface area contributed by atoms with Crippen LogP contribution in [0.5, 0.6) is 0 Å². The van der Waals surface area contributed by atoms with Crippen LogP contribution in [0.4, 0.5) is 4.39 Å². The SMILES string of the molecule is CCN(CC(=O)NCc1cccs1)C(=O)c1ccc(-c2ccc(F)cc2)o1. The molecule has 27 heavy (non-hydrogen) atoms. The van der Waals surface area contributed by atoms with Crippen molar-refractivity contribution in [1.82, 2.24) is 10.2 Å². The van der Waals surface area contributed by atoms with Crippen LogP contribution in [0.25, 0.3) is 11.3 Å². The largest absolute Gasteiger partial charge is 0.451 e. The van der Waals surface area contributed by atoms with Crippen molar-refractivity contribution in [3.8, 4) is 11.3 Å². The van der Waals surface area contributed by atoms with Crippen LogP contribution in [-0.4, -0.2) is 29.8 Å². The van der Waals surface area contributed by atoms with Crippen molar-refractivity contribution in [1.29, 1.82) is 0 Å². The number of nitrogens with one attached hydrogen (secondary N) is 1. The highest BCUT2D eigenvalue weighted by Gasteiger charge is 2.21. The van der Waals surface area contributed by atoms with E-state index >= 15 is 0 Å². The van der Waals surface area contributed by atoms with Gasteiger partial charge in [0.1, 0.15) is 11.6 Å². The zero-order valence-electron chi connectivity index (χ0n) is 14.8. The van der Waals surface area contributed by atoms with Crippen molar-refractivity contribution in [2.45, 2.75) is 13.5 Å². The highest BCUT2D eigenvalue weighted by molar-refractivity contribution is 7.09. The fraction of sp³-hybridized carbons (Fsp3) is 0.200. The van der Waals surface area contributed by atoms with E-state index in [9.17, 15) is 14.0 Å². The minimum absolute atomic E-state index is 0.0483. The number of amides is 2. The predicted molar refractivity (Wildman–Crippen MR) is 102 cm³/mol. The van der Waals surface area contributed by atoms with Crippen LogP contribution in [0.3, 0.4) is 0 Å². The molecule has 0 saturated heterocycles. The maximum Gasteiger partial charge on any atom is 0.290 e. The molecule has 1 aromatic carbocycles. The molecule has 2 heterocycles. The number of carbonyl (C=O) groups excluding carboxylic acids is 2. The maximum absolute atomic E-state index is 13.0. The average molecular weight is 386 g/mol. The van der Waals surface area contributed by atoms with Gasteiger partial charge < -0.3 is 14.6 Å². The Bertz CT molecular complexity index is 904. The van der Waals surface area contributed by atoms with Crippen LogP contribution < -0.4 is 5.32 Å². The molecule has 2 aromatic heterocycles. The van der Waals surface area contributed by atoms with Crippen molar-refractivity contribution >= 4 is 23.2 Å². The lowest BCUT2D eigenvalue weighted by atomic mass is 10.2. The van der Waals surface area contributed by atoms with Gasteiger partial charge in [-0.05, 0) is 54.8 Å². The maximum atomic E-state index is 13.0. The van der Waals surface area contributed by atoms with Gasteiger partial charge in [-0.2, -0.15) is 0 Å². The Labute approximate surface area is 160 Å². The first-order valence-electron chi connectivity index (χ1n) is 8.51. The molecular weight excluding hydrogens is 367 g/mol. The average Bonchev–Trinajstić information content (AvgIpc) is 3.36. The number of benzene rings is 1. The molecule has 0 aliphatic heterocycles. The minimum Gasteiger partial charge on any atom is -0.451 e. The summed E-state index contributed by atoms with van der Waals surface area (Å²) >= 11 is 1.56. The molecule has 5 nitrogen and oxygen atoms in total. The molecule has 0 saturated carbocycles. The Hall–Kier alpha value is -2.93. The van der Waals surface area contributed by atoms with Gasteiger partial charge in [-0.25, -0.2) is 4.39 Å². The Morgan fingerprint density at radius 2 is 1.93 bits per heavy atom. The number of carbonyl (C=O) groups is 2.